The maximum atomic E-state index is 13.8. The maximum absolute atomic E-state index is 13.8. The molecule has 1 amide bonds. The number of aliphatic hydroxyl groups excluding tert-OH is 1. The molecule has 1 fully saturated rings. The van der Waals surface area contributed by atoms with Crippen LogP contribution in [0.25, 0.3) is 0 Å². The van der Waals surface area contributed by atoms with E-state index in [2.05, 4.69) is 4.90 Å². The molecule has 0 saturated carbocycles. The third-order valence-electron chi connectivity index (χ3n) is 3.47. The van der Waals surface area contributed by atoms with Gasteiger partial charge in [0.2, 0.25) is 0 Å². The van der Waals surface area contributed by atoms with Crippen molar-refractivity contribution in [2.24, 2.45) is 0 Å². The second-order valence-corrected chi connectivity index (χ2v) is 5.21. The first-order valence-corrected chi connectivity index (χ1v) is 7.08. The van der Waals surface area contributed by atoms with Crippen LogP contribution in [-0.2, 0) is 0 Å². The molecule has 2 rings (SSSR count). The molecule has 0 aliphatic carbocycles. The van der Waals surface area contributed by atoms with E-state index >= 15 is 0 Å². The minimum atomic E-state index is -0.584. The van der Waals surface area contributed by atoms with Gasteiger partial charge in [0.1, 0.15) is 5.82 Å². The van der Waals surface area contributed by atoms with Crippen LogP contribution in [-0.4, -0.2) is 60.1 Å². The van der Waals surface area contributed by atoms with E-state index < -0.39 is 5.82 Å². The van der Waals surface area contributed by atoms with Crippen molar-refractivity contribution in [3.8, 4) is 0 Å². The Hall–Kier alpha value is -1.17. The number of β-amino-alcohol motifs (C(OH)–C–C–N with tert-alkyl or cyclic N) is 1. The van der Waals surface area contributed by atoms with E-state index in [0.29, 0.717) is 26.2 Å². The Morgan fingerprint density at radius 2 is 2.10 bits per heavy atom. The molecule has 1 aliphatic heterocycles. The molecule has 1 heterocycles. The van der Waals surface area contributed by atoms with Gasteiger partial charge in [0.15, 0.2) is 0 Å². The van der Waals surface area contributed by atoms with E-state index in [9.17, 15) is 9.18 Å². The molecule has 1 saturated heterocycles. The fourth-order valence-electron chi connectivity index (χ4n) is 2.40. The van der Waals surface area contributed by atoms with Crippen molar-refractivity contribution in [3.05, 3.63) is 34.6 Å². The fourth-order valence-corrected chi connectivity index (χ4v) is 2.64. The number of carbonyl (C=O) groups excluding carboxylic acids is 1. The minimum absolute atomic E-state index is 0.0511. The van der Waals surface area contributed by atoms with E-state index in [1.165, 1.54) is 18.2 Å². The second-order valence-electron chi connectivity index (χ2n) is 4.81. The van der Waals surface area contributed by atoms with Crippen LogP contribution in [0.3, 0.4) is 0 Å². The highest BCUT2D eigenvalue weighted by Crippen LogP contribution is 2.21. The molecule has 20 heavy (non-hydrogen) atoms. The smallest absolute Gasteiger partial charge is 0.258 e. The van der Waals surface area contributed by atoms with Gasteiger partial charge in [0.25, 0.3) is 5.91 Å². The standard InChI is InChI=1S/C14H18ClFN2O2/c15-11-3-1-4-12(16)13(11)14(20)18-6-2-5-17(7-8-18)9-10-19/h1,3-4,19H,2,5-10H2. The van der Waals surface area contributed by atoms with Gasteiger partial charge in [-0.1, -0.05) is 17.7 Å². The van der Waals surface area contributed by atoms with E-state index in [-0.39, 0.29) is 23.1 Å². The summed E-state index contributed by atoms with van der Waals surface area (Å²) in [5.41, 5.74) is -0.0511. The van der Waals surface area contributed by atoms with Gasteiger partial charge in [-0.05, 0) is 25.1 Å². The lowest BCUT2D eigenvalue weighted by atomic mass is 10.1. The van der Waals surface area contributed by atoms with Crippen LogP contribution in [0.1, 0.15) is 16.8 Å². The van der Waals surface area contributed by atoms with Crippen LogP contribution < -0.4 is 0 Å². The number of benzene rings is 1. The summed E-state index contributed by atoms with van der Waals surface area (Å²) in [5.74, 6) is -0.946. The third kappa shape index (κ3) is 3.48. The fraction of sp³-hybridized carbons (Fsp3) is 0.500. The Balaban J connectivity index is 2.10. The van der Waals surface area contributed by atoms with Crippen molar-refractivity contribution in [2.75, 3.05) is 39.3 Å². The first-order chi connectivity index (χ1) is 9.63. The third-order valence-corrected chi connectivity index (χ3v) is 3.78. The molecular formula is C14H18ClFN2O2. The summed E-state index contributed by atoms with van der Waals surface area (Å²) in [6.07, 6.45) is 0.803. The summed E-state index contributed by atoms with van der Waals surface area (Å²) >= 11 is 5.93. The van der Waals surface area contributed by atoms with E-state index in [4.69, 9.17) is 16.7 Å². The van der Waals surface area contributed by atoms with E-state index in [0.717, 1.165) is 13.0 Å². The molecule has 0 spiro atoms. The van der Waals surface area contributed by atoms with E-state index in [1.807, 2.05) is 0 Å². The van der Waals surface area contributed by atoms with Crippen LogP contribution in [0.4, 0.5) is 4.39 Å². The highest BCUT2D eigenvalue weighted by atomic mass is 35.5. The van der Waals surface area contributed by atoms with Crippen LogP contribution >= 0.6 is 11.6 Å². The number of rotatable bonds is 3. The summed E-state index contributed by atoms with van der Waals surface area (Å²) in [6.45, 7) is 3.30. The Morgan fingerprint density at radius 1 is 1.30 bits per heavy atom. The van der Waals surface area contributed by atoms with E-state index in [1.54, 1.807) is 4.90 Å². The van der Waals surface area contributed by atoms with Crippen molar-refractivity contribution in [1.82, 2.24) is 9.80 Å². The lowest BCUT2D eigenvalue weighted by Gasteiger charge is -2.22. The monoisotopic (exact) mass is 300 g/mol. The van der Waals surface area contributed by atoms with Crippen molar-refractivity contribution >= 4 is 17.5 Å². The Kier molecular flexibility index (Phi) is 5.34. The number of nitrogens with zero attached hydrogens (tertiary/aromatic N) is 2. The van der Waals surface area contributed by atoms with Crippen molar-refractivity contribution in [1.29, 1.82) is 0 Å². The van der Waals surface area contributed by atoms with Crippen molar-refractivity contribution in [3.63, 3.8) is 0 Å². The molecule has 4 nitrogen and oxygen atoms in total. The summed E-state index contributed by atoms with van der Waals surface area (Å²) in [7, 11) is 0. The largest absolute Gasteiger partial charge is 0.395 e. The lowest BCUT2D eigenvalue weighted by Crippen LogP contribution is -2.36. The number of amides is 1. The predicted octanol–water partition coefficient (Wildman–Crippen LogP) is 1.62. The van der Waals surface area contributed by atoms with Gasteiger partial charge in [-0.25, -0.2) is 4.39 Å². The van der Waals surface area contributed by atoms with Gasteiger partial charge in [-0.15, -0.1) is 0 Å². The molecule has 1 aliphatic rings. The van der Waals surface area contributed by atoms with Gasteiger partial charge in [-0.3, -0.25) is 9.69 Å². The average molecular weight is 301 g/mol. The number of aliphatic hydroxyl groups is 1. The van der Waals surface area contributed by atoms with Crippen molar-refractivity contribution < 1.29 is 14.3 Å². The molecule has 0 aromatic heterocycles. The lowest BCUT2D eigenvalue weighted by molar-refractivity contribution is 0.0756. The molecule has 0 atom stereocenters. The highest BCUT2D eigenvalue weighted by Gasteiger charge is 2.24. The summed E-state index contributed by atoms with van der Waals surface area (Å²) in [6, 6.07) is 4.25. The summed E-state index contributed by atoms with van der Waals surface area (Å²) in [5, 5.41) is 9.09. The Morgan fingerprint density at radius 3 is 2.80 bits per heavy atom. The number of hydrogen-bond donors (Lipinski definition) is 1. The second kappa shape index (κ2) is 7.02. The van der Waals surface area contributed by atoms with Crippen molar-refractivity contribution in [2.45, 2.75) is 6.42 Å². The van der Waals surface area contributed by atoms with Gasteiger partial charge >= 0.3 is 0 Å². The molecule has 0 radical (unpaired) electrons. The average Bonchev–Trinajstić information content (AvgIpc) is 2.64. The molecule has 1 aromatic rings. The highest BCUT2D eigenvalue weighted by molar-refractivity contribution is 6.33. The summed E-state index contributed by atoms with van der Waals surface area (Å²) in [4.78, 5) is 16.1. The first-order valence-electron chi connectivity index (χ1n) is 6.70. The Bertz CT molecular complexity index is 464. The minimum Gasteiger partial charge on any atom is -0.395 e. The zero-order chi connectivity index (χ0) is 14.5. The van der Waals surface area contributed by atoms with Gasteiger partial charge < -0.3 is 10.0 Å². The Labute approximate surface area is 122 Å². The number of carbonyl (C=O) groups is 1. The number of hydrogen-bond acceptors (Lipinski definition) is 3. The number of halogens is 2. The molecule has 110 valence electrons. The normalized spacial score (nSPS) is 17.1. The molecule has 6 heteroatoms. The predicted molar refractivity (Wildman–Crippen MR) is 75.5 cm³/mol. The summed E-state index contributed by atoms with van der Waals surface area (Å²) < 4.78 is 13.8. The van der Waals surface area contributed by atoms with Crippen LogP contribution in [0.5, 0.6) is 0 Å². The maximum Gasteiger partial charge on any atom is 0.258 e. The molecular weight excluding hydrogens is 283 g/mol. The topological polar surface area (TPSA) is 43.8 Å². The van der Waals surface area contributed by atoms with Crippen LogP contribution in [0.15, 0.2) is 18.2 Å². The zero-order valence-corrected chi connectivity index (χ0v) is 11.9. The first kappa shape index (κ1) is 15.2. The van der Waals surface area contributed by atoms with Crippen LogP contribution in [0.2, 0.25) is 5.02 Å². The van der Waals surface area contributed by atoms with Gasteiger partial charge in [-0.2, -0.15) is 0 Å². The van der Waals surface area contributed by atoms with Gasteiger partial charge in [0.05, 0.1) is 17.2 Å². The molecule has 0 bridgehead atoms. The van der Waals surface area contributed by atoms with Gasteiger partial charge in [0, 0.05) is 26.2 Å². The quantitative estimate of drug-likeness (QED) is 0.922. The molecule has 1 aromatic carbocycles. The zero-order valence-electron chi connectivity index (χ0n) is 11.2. The van der Waals surface area contributed by atoms with Crippen LogP contribution in [0, 0.1) is 5.82 Å². The SMILES string of the molecule is O=C(c1c(F)cccc1Cl)N1CCCN(CCO)CC1. The molecule has 1 N–H and O–H groups in total. The molecule has 0 unspecified atom stereocenters.